The first kappa shape index (κ1) is 11.5. The van der Waals surface area contributed by atoms with Gasteiger partial charge in [-0.2, -0.15) is 0 Å². The SMILES string of the molecule is O=C1CCCC1CCn1ccc2cc(F)ccc21. The third-order valence-corrected chi connectivity index (χ3v) is 3.88. The molecule has 0 amide bonds. The number of aryl methyl sites for hydroxylation is 1. The lowest BCUT2D eigenvalue weighted by molar-refractivity contribution is -0.120. The highest BCUT2D eigenvalue weighted by atomic mass is 19.1. The lowest BCUT2D eigenvalue weighted by atomic mass is 10.0. The van der Waals surface area contributed by atoms with Crippen molar-refractivity contribution in [1.82, 2.24) is 4.57 Å². The van der Waals surface area contributed by atoms with Crippen LogP contribution in [-0.4, -0.2) is 10.4 Å². The van der Waals surface area contributed by atoms with Gasteiger partial charge in [0, 0.05) is 36.0 Å². The number of hydrogen-bond donors (Lipinski definition) is 0. The maximum absolute atomic E-state index is 13.1. The summed E-state index contributed by atoms with van der Waals surface area (Å²) in [7, 11) is 0. The Morgan fingerprint density at radius 1 is 1.33 bits per heavy atom. The Morgan fingerprint density at radius 2 is 2.22 bits per heavy atom. The molecule has 0 aliphatic heterocycles. The predicted molar refractivity (Wildman–Crippen MR) is 68.9 cm³/mol. The Labute approximate surface area is 105 Å². The highest BCUT2D eigenvalue weighted by Crippen LogP contribution is 2.26. The molecule has 18 heavy (non-hydrogen) atoms. The average molecular weight is 245 g/mol. The van der Waals surface area contributed by atoms with E-state index < -0.39 is 0 Å². The third-order valence-electron chi connectivity index (χ3n) is 3.88. The summed E-state index contributed by atoms with van der Waals surface area (Å²) >= 11 is 0. The zero-order valence-electron chi connectivity index (χ0n) is 10.2. The van der Waals surface area contributed by atoms with Crippen molar-refractivity contribution in [2.45, 2.75) is 32.2 Å². The van der Waals surface area contributed by atoms with Gasteiger partial charge in [0.1, 0.15) is 11.6 Å². The molecule has 1 unspecified atom stereocenters. The lowest BCUT2D eigenvalue weighted by Gasteiger charge is -2.09. The summed E-state index contributed by atoms with van der Waals surface area (Å²) in [4.78, 5) is 11.6. The van der Waals surface area contributed by atoms with Crippen LogP contribution in [0.25, 0.3) is 10.9 Å². The fourth-order valence-electron chi connectivity index (χ4n) is 2.85. The molecule has 1 aromatic heterocycles. The average Bonchev–Trinajstić information content (AvgIpc) is 2.93. The van der Waals surface area contributed by atoms with Crippen molar-refractivity contribution in [3.05, 3.63) is 36.3 Å². The number of aromatic nitrogens is 1. The van der Waals surface area contributed by atoms with Crippen LogP contribution >= 0.6 is 0 Å². The second kappa shape index (κ2) is 4.56. The monoisotopic (exact) mass is 245 g/mol. The molecule has 1 saturated carbocycles. The molecule has 1 aliphatic rings. The minimum atomic E-state index is -0.203. The number of halogens is 1. The molecule has 3 rings (SSSR count). The van der Waals surface area contributed by atoms with Gasteiger partial charge in [-0.3, -0.25) is 4.79 Å². The Kier molecular flexibility index (Phi) is 2.90. The summed E-state index contributed by atoms with van der Waals surface area (Å²) in [5.41, 5.74) is 1.04. The van der Waals surface area contributed by atoms with E-state index in [1.165, 1.54) is 6.07 Å². The first-order valence-electron chi connectivity index (χ1n) is 6.51. The Bertz CT molecular complexity index is 587. The number of carbonyl (C=O) groups is 1. The molecule has 1 heterocycles. The van der Waals surface area contributed by atoms with Gasteiger partial charge in [-0.1, -0.05) is 0 Å². The topological polar surface area (TPSA) is 22.0 Å². The van der Waals surface area contributed by atoms with Crippen molar-refractivity contribution < 1.29 is 9.18 Å². The van der Waals surface area contributed by atoms with Crippen molar-refractivity contribution in [2.24, 2.45) is 5.92 Å². The first-order chi connectivity index (χ1) is 8.74. The Hall–Kier alpha value is -1.64. The smallest absolute Gasteiger partial charge is 0.136 e. The molecule has 0 radical (unpaired) electrons. The lowest BCUT2D eigenvalue weighted by Crippen LogP contribution is -2.09. The maximum atomic E-state index is 13.1. The fraction of sp³-hybridized carbons (Fsp3) is 0.400. The zero-order valence-corrected chi connectivity index (χ0v) is 10.2. The van der Waals surface area contributed by atoms with Crippen LogP contribution in [0.15, 0.2) is 30.5 Å². The number of ketones is 1. The van der Waals surface area contributed by atoms with Gasteiger partial charge in [0.15, 0.2) is 0 Å². The van der Waals surface area contributed by atoms with Crippen LogP contribution in [0.3, 0.4) is 0 Å². The molecule has 2 aromatic rings. The van der Waals surface area contributed by atoms with Gasteiger partial charge in [0.2, 0.25) is 0 Å². The Balaban J connectivity index is 1.76. The van der Waals surface area contributed by atoms with E-state index in [0.29, 0.717) is 5.78 Å². The standard InChI is InChI=1S/C15H16FNO/c16-13-4-5-14-12(10-13)7-9-17(14)8-6-11-2-1-3-15(11)18/h4-5,7,9-11H,1-3,6,8H2. The van der Waals surface area contributed by atoms with Crippen molar-refractivity contribution in [1.29, 1.82) is 0 Å². The number of fused-ring (bicyclic) bond motifs is 1. The summed E-state index contributed by atoms with van der Waals surface area (Å²) in [5, 5.41) is 0.924. The van der Waals surface area contributed by atoms with Gasteiger partial charge in [0.25, 0.3) is 0 Å². The van der Waals surface area contributed by atoms with E-state index in [1.54, 1.807) is 12.1 Å². The van der Waals surface area contributed by atoms with Crippen LogP contribution in [0.4, 0.5) is 4.39 Å². The van der Waals surface area contributed by atoms with Crippen molar-refractivity contribution in [3.8, 4) is 0 Å². The van der Waals surface area contributed by atoms with Gasteiger partial charge in [0.05, 0.1) is 0 Å². The highest BCUT2D eigenvalue weighted by Gasteiger charge is 2.23. The number of nitrogens with zero attached hydrogens (tertiary/aromatic N) is 1. The molecule has 1 aliphatic carbocycles. The molecule has 0 spiro atoms. The molecular weight excluding hydrogens is 229 g/mol. The van der Waals surface area contributed by atoms with E-state index in [9.17, 15) is 9.18 Å². The molecular formula is C15H16FNO. The minimum absolute atomic E-state index is 0.203. The quantitative estimate of drug-likeness (QED) is 0.810. The molecule has 1 aromatic carbocycles. The summed E-state index contributed by atoms with van der Waals surface area (Å²) in [6.45, 7) is 0.839. The second-order valence-corrected chi connectivity index (χ2v) is 5.06. The highest BCUT2D eigenvalue weighted by molar-refractivity contribution is 5.83. The van der Waals surface area contributed by atoms with Gasteiger partial charge < -0.3 is 4.57 Å². The number of Topliss-reactive ketones (excluding diaryl/α,β-unsaturated/α-hetero) is 1. The molecule has 2 nitrogen and oxygen atoms in total. The zero-order chi connectivity index (χ0) is 12.5. The normalized spacial score (nSPS) is 19.8. The first-order valence-corrected chi connectivity index (χ1v) is 6.51. The van der Waals surface area contributed by atoms with E-state index in [-0.39, 0.29) is 11.7 Å². The van der Waals surface area contributed by atoms with Crippen LogP contribution in [-0.2, 0) is 11.3 Å². The maximum Gasteiger partial charge on any atom is 0.136 e. The summed E-state index contributed by atoms with van der Waals surface area (Å²) in [5.74, 6) is 0.451. The number of benzene rings is 1. The van der Waals surface area contributed by atoms with Crippen LogP contribution in [0.2, 0.25) is 0 Å². The largest absolute Gasteiger partial charge is 0.347 e. The summed E-state index contributed by atoms with van der Waals surface area (Å²) < 4.78 is 15.2. The molecule has 1 atom stereocenters. The van der Waals surface area contributed by atoms with Crippen molar-refractivity contribution in [2.75, 3.05) is 0 Å². The number of carbonyl (C=O) groups excluding carboxylic acids is 1. The molecule has 0 bridgehead atoms. The molecule has 94 valence electrons. The second-order valence-electron chi connectivity index (χ2n) is 5.06. The van der Waals surface area contributed by atoms with E-state index in [4.69, 9.17) is 0 Å². The van der Waals surface area contributed by atoms with Crippen LogP contribution < -0.4 is 0 Å². The van der Waals surface area contributed by atoms with Gasteiger partial charge in [-0.05, 0) is 43.5 Å². The summed E-state index contributed by atoms with van der Waals surface area (Å²) in [6.07, 6.45) is 5.71. The van der Waals surface area contributed by atoms with E-state index in [1.807, 2.05) is 12.3 Å². The van der Waals surface area contributed by atoms with Crippen LogP contribution in [0.1, 0.15) is 25.7 Å². The summed E-state index contributed by atoms with van der Waals surface area (Å²) in [6, 6.07) is 6.77. The fourth-order valence-corrected chi connectivity index (χ4v) is 2.85. The molecule has 3 heteroatoms. The third kappa shape index (κ3) is 2.05. The van der Waals surface area contributed by atoms with E-state index >= 15 is 0 Å². The van der Waals surface area contributed by atoms with Crippen molar-refractivity contribution in [3.63, 3.8) is 0 Å². The van der Waals surface area contributed by atoms with E-state index in [0.717, 1.165) is 43.1 Å². The van der Waals surface area contributed by atoms with Crippen molar-refractivity contribution >= 4 is 16.7 Å². The Morgan fingerprint density at radius 3 is 3.00 bits per heavy atom. The molecule has 0 saturated heterocycles. The minimum Gasteiger partial charge on any atom is -0.347 e. The number of hydrogen-bond acceptors (Lipinski definition) is 1. The van der Waals surface area contributed by atoms with Gasteiger partial charge in [-0.25, -0.2) is 4.39 Å². The van der Waals surface area contributed by atoms with Crippen LogP contribution in [0, 0.1) is 11.7 Å². The molecule has 0 N–H and O–H groups in total. The molecule has 1 fully saturated rings. The van der Waals surface area contributed by atoms with E-state index in [2.05, 4.69) is 4.57 Å². The number of rotatable bonds is 3. The van der Waals surface area contributed by atoms with Gasteiger partial charge in [-0.15, -0.1) is 0 Å². The van der Waals surface area contributed by atoms with Crippen LogP contribution in [0.5, 0.6) is 0 Å². The van der Waals surface area contributed by atoms with Gasteiger partial charge >= 0.3 is 0 Å². The predicted octanol–water partition coefficient (Wildman–Crippen LogP) is 3.54.